The molecule has 0 fully saturated rings. The first-order valence-corrected chi connectivity index (χ1v) is 4.31. The molecule has 0 aromatic heterocycles. The number of nitriles is 1. The number of ether oxygens (including phenoxy) is 1. The van der Waals surface area contributed by atoms with E-state index >= 15 is 0 Å². The van der Waals surface area contributed by atoms with Crippen molar-refractivity contribution in [2.24, 2.45) is 0 Å². The molecule has 0 saturated carbocycles. The van der Waals surface area contributed by atoms with Crippen molar-refractivity contribution in [3.63, 3.8) is 0 Å². The lowest BCUT2D eigenvalue weighted by atomic mass is 10.2. The zero-order valence-corrected chi connectivity index (χ0v) is 8.74. The molecule has 1 aromatic rings. The van der Waals surface area contributed by atoms with Gasteiger partial charge in [-0.05, 0) is 15.9 Å². The van der Waals surface area contributed by atoms with Crippen LogP contribution in [-0.4, -0.2) is 12.0 Å². The molecule has 14 heavy (non-hydrogen) atoms. The van der Waals surface area contributed by atoms with Gasteiger partial charge >= 0.3 is 5.69 Å². The van der Waals surface area contributed by atoms with Crippen LogP contribution >= 0.6 is 15.9 Å². The third kappa shape index (κ3) is 1.83. The molecule has 0 atom stereocenters. The summed E-state index contributed by atoms with van der Waals surface area (Å²) in [6.45, 7) is 0. The topological polar surface area (TPSA) is 76.2 Å². The third-order valence-corrected chi connectivity index (χ3v) is 2.24. The van der Waals surface area contributed by atoms with E-state index in [1.807, 2.05) is 6.07 Å². The Balaban J connectivity index is 3.41. The van der Waals surface area contributed by atoms with Gasteiger partial charge < -0.3 is 4.74 Å². The van der Waals surface area contributed by atoms with Crippen LogP contribution in [-0.2, 0) is 0 Å². The lowest BCUT2D eigenvalue weighted by molar-refractivity contribution is -0.385. The van der Waals surface area contributed by atoms with E-state index < -0.39 is 4.92 Å². The van der Waals surface area contributed by atoms with Gasteiger partial charge in [0.1, 0.15) is 6.07 Å². The Labute approximate surface area is 88.2 Å². The summed E-state index contributed by atoms with van der Waals surface area (Å²) in [5, 5.41) is 19.2. The van der Waals surface area contributed by atoms with E-state index in [0.717, 1.165) is 0 Å². The van der Waals surface area contributed by atoms with Crippen molar-refractivity contribution in [3.05, 3.63) is 32.3 Å². The molecule has 1 aromatic carbocycles. The van der Waals surface area contributed by atoms with Gasteiger partial charge in [0.15, 0.2) is 5.75 Å². The number of hydrogen-bond donors (Lipinski definition) is 0. The molecular weight excluding hydrogens is 252 g/mol. The normalized spacial score (nSPS) is 9.21. The fourth-order valence-electron chi connectivity index (χ4n) is 0.935. The number of methoxy groups -OCH3 is 1. The van der Waals surface area contributed by atoms with E-state index in [2.05, 4.69) is 15.9 Å². The van der Waals surface area contributed by atoms with Crippen molar-refractivity contribution >= 4 is 21.6 Å². The highest BCUT2D eigenvalue weighted by molar-refractivity contribution is 9.10. The zero-order valence-electron chi connectivity index (χ0n) is 7.15. The predicted molar refractivity (Wildman–Crippen MR) is 52.1 cm³/mol. The quantitative estimate of drug-likeness (QED) is 0.601. The van der Waals surface area contributed by atoms with E-state index in [0.29, 0.717) is 10.0 Å². The molecule has 1 rings (SSSR count). The Morgan fingerprint density at radius 3 is 2.71 bits per heavy atom. The first-order chi connectivity index (χ1) is 6.60. The highest BCUT2D eigenvalue weighted by Gasteiger charge is 2.17. The summed E-state index contributed by atoms with van der Waals surface area (Å²) in [5.41, 5.74) is 0.130. The Morgan fingerprint density at radius 1 is 1.64 bits per heavy atom. The average molecular weight is 257 g/mol. The summed E-state index contributed by atoms with van der Waals surface area (Å²) in [4.78, 5) is 9.99. The fourth-order valence-corrected chi connectivity index (χ4v) is 1.35. The second-order valence-corrected chi connectivity index (χ2v) is 3.23. The number of benzene rings is 1. The van der Waals surface area contributed by atoms with Gasteiger partial charge in [-0.3, -0.25) is 10.1 Å². The van der Waals surface area contributed by atoms with E-state index in [-0.39, 0.29) is 11.4 Å². The van der Waals surface area contributed by atoms with Crippen LogP contribution in [0.1, 0.15) is 5.56 Å². The summed E-state index contributed by atoms with van der Waals surface area (Å²) in [5.74, 6) is 0.0785. The molecule has 0 saturated heterocycles. The van der Waals surface area contributed by atoms with Gasteiger partial charge in [-0.1, -0.05) is 0 Å². The molecule has 0 bridgehead atoms. The van der Waals surface area contributed by atoms with Crippen LogP contribution in [0.2, 0.25) is 0 Å². The molecule has 0 N–H and O–H groups in total. The van der Waals surface area contributed by atoms with Crippen LogP contribution in [0.25, 0.3) is 0 Å². The minimum absolute atomic E-state index is 0.0785. The summed E-state index contributed by atoms with van der Waals surface area (Å²) in [7, 11) is 1.32. The first-order valence-electron chi connectivity index (χ1n) is 3.52. The van der Waals surface area contributed by atoms with E-state index in [1.165, 1.54) is 19.2 Å². The molecular formula is C8H5BrN2O3. The Bertz CT molecular complexity index is 425. The van der Waals surface area contributed by atoms with Gasteiger partial charge in [0.05, 0.1) is 17.6 Å². The Hall–Kier alpha value is -1.61. The third-order valence-electron chi connectivity index (χ3n) is 1.59. The lowest BCUT2D eigenvalue weighted by Crippen LogP contribution is -1.94. The monoisotopic (exact) mass is 256 g/mol. The van der Waals surface area contributed by atoms with Crippen LogP contribution in [0.3, 0.4) is 0 Å². The molecule has 0 unspecified atom stereocenters. The maximum atomic E-state index is 10.6. The SMILES string of the molecule is COc1cc(C#N)c(Br)cc1[N+](=O)[O-]. The second-order valence-electron chi connectivity index (χ2n) is 2.37. The molecule has 6 heteroatoms. The molecule has 0 aliphatic carbocycles. The summed E-state index contributed by atoms with van der Waals surface area (Å²) < 4.78 is 5.17. The maximum absolute atomic E-state index is 10.6. The van der Waals surface area contributed by atoms with Gasteiger partial charge in [0.2, 0.25) is 0 Å². The predicted octanol–water partition coefficient (Wildman–Crippen LogP) is 2.24. The standard InChI is InChI=1S/C8H5BrN2O3/c1-14-8-2-5(4-10)6(9)3-7(8)11(12)13/h2-3H,1H3. The van der Waals surface area contributed by atoms with Gasteiger partial charge in [-0.15, -0.1) is 0 Å². The fraction of sp³-hybridized carbons (Fsp3) is 0.125. The van der Waals surface area contributed by atoms with Crippen molar-refractivity contribution in [2.45, 2.75) is 0 Å². The molecule has 0 aliphatic heterocycles. The number of hydrogen-bond acceptors (Lipinski definition) is 4. The Morgan fingerprint density at radius 2 is 2.29 bits per heavy atom. The molecule has 5 nitrogen and oxygen atoms in total. The van der Waals surface area contributed by atoms with Gasteiger partial charge in [0, 0.05) is 16.6 Å². The van der Waals surface area contributed by atoms with Gasteiger partial charge in [0.25, 0.3) is 0 Å². The highest BCUT2D eigenvalue weighted by Crippen LogP contribution is 2.32. The minimum Gasteiger partial charge on any atom is -0.490 e. The molecule has 0 aliphatic rings. The van der Waals surface area contributed by atoms with Crippen molar-refractivity contribution < 1.29 is 9.66 Å². The van der Waals surface area contributed by atoms with Gasteiger partial charge in [-0.25, -0.2) is 0 Å². The van der Waals surface area contributed by atoms with Crippen molar-refractivity contribution in [1.29, 1.82) is 5.26 Å². The Kier molecular flexibility index (Phi) is 3.04. The number of nitro benzene ring substituents is 1. The summed E-state index contributed by atoms with van der Waals surface area (Å²) in [6, 6.07) is 4.46. The maximum Gasteiger partial charge on any atom is 0.312 e. The van der Waals surface area contributed by atoms with E-state index in [9.17, 15) is 10.1 Å². The van der Waals surface area contributed by atoms with E-state index in [1.54, 1.807) is 0 Å². The van der Waals surface area contributed by atoms with Crippen molar-refractivity contribution in [3.8, 4) is 11.8 Å². The number of rotatable bonds is 2. The summed E-state index contributed by atoms with van der Waals surface area (Å²) in [6.07, 6.45) is 0. The second kappa shape index (κ2) is 4.07. The molecule has 0 amide bonds. The lowest BCUT2D eigenvalue weighted by Gasteiger charge is -2.02. The van der Waals surface area contributed by atoms with Crippen molar-refractivity contribution in [2.75, 3.05) is 7.11 Å². The van der Waals surface area contributed by atoms with Crippen LogP contribution in [0, 0.1) is 21.4 Å². The molecule has 0 spiro atoms. The van der Waals surface area contributed by atoms with Crippen LogP contribution in [0.4, 0.5) is 5.69 Å². The van der Waals surface area contributed by atoms with Crippen LogP contribution in [0.5, 0.6) is 5.75 Å². The molecule has 0 heterocycles. The van der Waals surface area contributed by atoms with Crippen molar-refractivity contribution in [1.82, 2.24) is 0 Å². The number of nitro groups is 1. The minimum atomic E-state index is -0.565. The number of nitrogens with zero attached hydrogens (tertiary/aromatic N) is 2. The van der Waals surface area contributed by atoms with Crippen LogP contribution < -0.4 is 4.74 Å². The zero-order chi connectivity index (χ0) is 10.7. The largest absolute Gasteiger partial charge is 0.490 e. The van der Waals surface area contributed by atoms with Gasteiger partial charge in [-0.2, -0.15) is 5.26 Å². The smallest absolute Gasteiger partial charge is 0.312 e. The molecule has 72 valence electrons. The number of halogens is 1. The highest BCUT2D eigenvalue weighted by atomic mass is 79.9. The average Bonchev–Trinajstić information content (AvgIpc) is 2.17. The molecule has 0 radical (unpaired) electrons. The van der Waals surface area contributed by atoms with E-state index in [4.69, 9.17) is 10.00 Å². The van der Waals surface area contributed by atoms with Crippen LogP contribution in [0.15, 0.2) is 16.6 Å². The first kappa shape index (κ1) is 10.5. The summed E-state index contributed by atoms with van der Waals surface area (Å²) >= 11 is 3.06.